The maximum absolute atomic E-state index is 12.4. The molecule has 3 nitrogen and oxygen atoms in total. The molecule has 2 heterocycles. The number of hydrogen-bond donors (Lipinski definition) is 1. The van der Waals surface area contributed by atoms with Crippen molar-refractivity contribution in [2.45, 2.75) is 58.5 Å². The van der Waals surface area contributed by atoms with Gasteiger partial charge in [-0.2, -0.15) is 0 Å². The minimum absolute atomic E-state index is 0.0251. The van der Waals surface area contributed by atoms with Gasteiger partial charge in [0.15, 0.2) is 0 Å². The standard InChI is InChI=1S/C15H25NO2/c1-13(2,3)18-12(17)15-7-14(8-15,9-16-10-15)11-5-4-6-11/h11,16H,4-10H2,1-3H3. The SMILES string of the molecule is CC(C)(C)OC(=O)C12CNCC(C3CCC3)(C1)C2. The Labute approximate surface area is 110 Å². The van der Waals surface area contributed by atoms with Gasteiger partial charge in [0.25, 0.3) is 0 Å². The molecule has 0 unspecified atom stereocenters. The predicted octanol–water partition coefficient (Wildman–Crippen LogP) is 2.50. The van der Waals surface area contributed by atoms with E-state index in [1.165, 1.54) is 19.3 Å². The van der Waals surface area contributed by atoms with Gasteiger partial charge in [0.2, 0.25) is 0 Å². The van der Waals surface area contributed by atoms with Crippen molar-refractivity contribution in [2.24, 2.45) is 16.7 Å². The lowest BCUT2D eigenvalue weighted by atomic mass is 9.43. The average molecular weight is 251 g/mol. The van der Waals surface area contributed by atoms with Crippen LogP contribution in [0.15, 0.2) is 0 Å². The zero-order valence-corrected chi connectivity index (χ0v) is 11.8. The molecule has 1 N–H and O–H groups in total. The van der Waals surface area contributed by atoms with Crippen LogP contribution in [0, 0.1) is 16.7 Å². The third-order valence-corrected chi connectivity index (χ3v) is 5.12. The minimum atomic E-state index is -0.363. The highest BCUT2D eigenvalue weighted by molar-refractivity contribution is 5.79. The third kappa shape index (κ3) is 1.78. The van der Waals surface area contributed by atoms with Crippen LogP contribution in [0.2, 0.25) is 0 Å². The normalized spacial score (nSPS) is 39.7. The van der Waals surface area contributed by atoms with Crippen LogP contribution in [0.1, 0.15) is 52.9 Å². The molecular weight excluding hydrogens is 226 g/mol. The monoisotopic (exact) mass is 251 g/mol. The predicted molar refractivity (Wildman–Crippen MR) is 70.2 cm³/mol. The number of hydrogen-bond acceptors (Lipinski definition) is 3. The minimum Gasteiger partial charge on any atom is -0.460 e. The Bertz CT molecular complexity index is 359. The van der Waals surface area contributed by atoms with Gasteiger partial charge in [0, 0.05) is 13.1 Å². The fraction of sp³-hybridized carbons (Fsp3) is 0.933. The van der Waals surface area contributed by atoms with Crippen LogP contribution < -0.4 is 5.32 Å². The molecule has 2 saturated heterocycles. The van der Waals surface area contributed by atoms with E-state index in [4.69, 9.17) is 4.74 Å². The van der Waals surface area contributed by atoms with Gasteiger partial charge in [-0.05, 0) is 57.8 Å². The molecule has 0 aromatic carbocycles. The molecule has 18 heavy (non-hydrogen) atoms. The summed E-state index contributed by atoms with van der Waals surface area (Å²) in [4.78, 5) is 12.4. The second-order valence-corrected chi connectivity index (χ2v) is 7.73. The topological polar surface area (TPSA) is 38.3 Å². The lowest BCUT2D eigenvalue weighted by molar-refractivity contribution is -0.200. The van der Waals surface area contributed by atoms with E-state index < -0.39 is 0 Å². The van der Waals surface area contributed by atoms with E-state index in [0.29, 0.717) is 5.41 Å². The van der Waals surface area contributed by atoms with Crippen molar-refractivity contribution in [2.75, 3.05) is 13.1 Å². The summed E-state index contributed by atoms with van der Waals surface area (Å²) in [5.41, 5.74) is -0.146. The van der Waals surface area contributed by atoms with E-state index in [0.717, 1.165) is 31.8 Å². The Balaban J connectivity index is 1.69. The lowest BCUT2D eigenvalue weighted by Crippen LogP contribution is -2.68. The summed E-state index contributed by atoms with van der Waals surface area (Å²) in [6.07, 6.45) is 6.24. The van der Waals surface area contributed by atoms with Crippen molar-refractivity contribution in [3.8, 4) is 0 Å². The molecule has 0 aromatic rings. The second-order valence-electron chi connectivity index (χ2n) is 7.73. The number of piperidine rings is 2. The molecule has 2 bridgehead atoms. The maximum Gasteiger partial charge on any atom is 0.313 e. The van der Waals surface area contributed by atoms with E-state index >= 15 is 0 Å². The average Bonchev–Trinajstić information content (AvgIpc) is 2.10. The highest BCUT2D eigenvalue weighted by Gasteiger charge is 2.65. The number of rotatable bonds is 2. The summed E-state index contributed by atoms with van der Waals surface area (Å²) in [6, 6.07) is 0. The van der Waals surface area contributed by atoms with E-state index in [-0.39, 0.29) is 17.0 Å². The molecule has 3 heteroatoms. The molecule has 0 atom stereocenters. The Morgan fingerprint density at radius 2 is 1.89 bits per heavy atom. The number of ether oxygens (including phenoxy) is 1. The van der Waals surface area contributed by atoms with Crippen LogP contribution >= 0.6 is 0 Å². The van der Waals surface area contributed by atoms with Gasteiger partial charge in [0.1, 0.15) is 5.60 Å². The molecule has 2 aliphatic carbocycles. The van der Waals surface area contributed by atoms with Crippen molar-refractivity contribution in [3.63, 3.8) is 0 Å². The quantitative estimate of drug-likeness (QED) is 0.766. The lowest BCUT2D eigenvalue weighted by Gasteiger charge is -2.64. The summed E-state index contributed by atoms with van der Waals surface area (Å²) >= 11 is 0. The van der Waals surface area contributed by atoms with E-state index in [2.05, 4.69) is 5.32 Å². The van der Waals surface area contributed by atoms with Gasteiger partial charge in [-0.3, -0.25) is 4.79 Å². The fourth-order valence-corrected chi connectivity index (χ4v) is 4.15. The molecule has 0 aromatic heterocycles. The van der Waals surface area contributed by atoms with Crippen molar-refractivity contribution in [3.05, 3.63) is 0 Å². The second kappa shape index (κ2) is 3.72. The number of carbonyl (C=O) groups is 1. The van der Waals surface area contributed by atoms with Crippen LogP contribution in [0.4, 0.5) is 0 Å². The van der Waals surface area contributed by atoms with Gasteiger partial charge >= 0.3 is 5.97 Å². The molecule has 0 spiro atoms. The van der Waals surface area contributed by atoms with Crippen molar-refractivity contribution in [1.29, 1.82) is 0 Å². The Kier molecular flexibility index (Phi) is 2.58. The number of fused-ring (bicyclic) bond motifs is 2. The van der Waals surface area contributed by atoms with E-state index in [1.54, 1.807) is 0 Å². The number of esters is 1. The molecule has 2 saturated carbocycles. The van der Waals surface area contributed by atoms with Crippen molar-refractivity contribution < 1.29 is 9.53 Å². The van der Waals surface area contributed by atoms with Gasteiger partial charge in [-0.15, -0.1) is 0 Å². The van der Waals surface area contributed by atoms with Crippen LogP contribution in [-0.4, -0.2) is 24.7 Å². The van der Waals surface area contributed by atoms with Crippen LogP contribution in [-0.2, 0) is 9.53 Å². The summed E-state index contributed by atoms with van der Waals surface area (Å²) in [5, 5.41) is 3.48. The van der Waals surface area contributed by atoms with Gasteiger partial charge in [-0.1, -0.05) is 6.42 Å². The largest absolute Gasteiger partial charge is 0.460 e. The molecular formula is C15H25NO2. The first-order valence-electron chi connectivity index (χ1n) is 7.30. The molecule has 4 rings (SSSR count). The van der Waals surface area contributed by atoms with Crippen LogP contribution in [0.3, 0.4) is 0 Å². The first kappa shape index (κ1) is 12.5. The molecule has 0 amide bonds. The van der Waals surface area contributed by atoms with Gasteiger partial charge in [0.05, 0.1) is 5.41 Å². The van der Waals surface area contributed by atoms with Gasteiger partial charge in [-0.25, -0.2) is 0 Å². The van der Waals surface area contributed by atoms with Gasteiger partial charge < -0.3 is 10.1 Å². The first-order valence-corrected chi connectivity index (χ1v) is 7.30. The van der Waals surface area contributed by atoms with Crippen molar-refractivity contribution >= 4 is 5.97 Å². The highest BCUT2D eigenvalue weighted by Crippen LogP contribution is 2.64. The maximum atomic E-state index is 12.4. The molecule has 2 aliphatic heterocycles. The van der Waals surface area contributed by atoms with E-state index in [1.807, 2.05) is 20.8 Å². The Hall–Kier alpha value is -0.570. The van der Waals surface area contributed by atoms with Crippen LogP contribution in [0.25, 0.3) is 0 Å². The number of carbonyl (C=O) groups excluding carboxylic acids is 1. The third-order valence-electron chi connectivity index (χ3n) is 5.12. The zero-order valence-electron chi connectivity index (χ0n) is 11.8. The fourth-order valence-electron chi connectivity index (χ4n) is 4.15. The summed E-state index contributed by atoms with van der Waals surface area (Å²) in [5.74, 6) is 0.887. The Morgan fingerprint density at radius 3 is 2.39 bits per heavy atom. The number of nitrogens with one attached hydrogen (secondary N) is 1. The molecule has 102 valence electrons. The smallest absolute Gasteiger partial charge is 0.313 e. The van der Waals surface area contributed by atoms with Crippen LogP contribution in [0.5, 0.6) is 0 Å². The Morgan fingerprint density at radius 1 is 1.22 bits per heavy atom. The molecule has 0 radical (unpaired) electrons. The molecule has 4 fully saturated rings. The molecule has 4 aliphatic rings. The summed E-state index contributed by atoms with van der Waals surface area (Å²) in [6.45, 7) is 7.79. The first-order chi connectivity index (χ1) is 8.35. The summed E-state index contributed by atoms with van der Waals surface area (Å²) in [7, 11) is 0. The highest BCUT2D eigenvalue weighted by atomic mass is 16.6. The zero-order chi connectivity index (χ0) is 13.0. The van der Waals surface area contributed by atoms with E-state index in [9.17, 15) is 4.79 Å². The summed E-state index contributed by atoms with van der Waals surface area (Å²) < 4.78 is 5.62. The van der Waals surface area contributed by atoms with Crippen molar-refractivity contribution in [1.82, 2.24) is 5.32 Å².